The number of hydrogen-bond donors (Lipinski definition) is 1. The minimum absolute atomic E-state index is 0.216. The Morgan fingerprint density at radius 2 is 2.29 bits per heavy atom. The van der Waals surface area contributed by atoms with Crippen molar-refractivity contribution in [1.29, 1.82) is 0 Å². The van der Waals surface area contributed by atoms with Crippen molar-refractivity contribution in [3.05, 3.63) is 30.2 Å². The molecule has 1 unspecified atom stereocenters. The summed E-state index contributed by atoms with van der Waals surface area (Å²) in [6.45, 7) is 1.74. The van der Waals surface area contributed by atoms with Gasteiger partial charge in [-0.15, -0.1) is 0 Å². The Morgan fingerprint density at radius 3 is 3.05 bits per heavy atom. The van der Waals surface area contributed by atoms with Gasteiger partial charge in [0.05, 0.1) is 23.5 Å². The minimum Gasteiger partial charge on any atom is -0.380 e. The normalized spacial score (nSPS) is 18.9. The number of hydrogen-bond acceptors (Lipinski definition) is 5. The van der Waals surface area contributed by atoms with Crippen LogP contribution in [0.1, 0.15) is 23.3 Å². The molecule has 1 atom stereocenters. The van der Waals surface area contributed by atoms with Crippen molar-refractivity contribution >= 4 is 22.5 Å². The van der Waals surface area contributed by atoms with Crippen molar-refractivity contribution < 1.29 is 9.53 Å². The maximum Gasteiger partial charge on any atom is 0.267 e. The number of carbonyl (C=O) groups is 1. The number of carbonyl (C=O) groups excluding carboxylic acids is 1. The van der Waals surface area contributed by atoms with Crippen LogP contribution in [-0.2, 0) is 4.74 Å². The van der Waals surface area contributed by atoms with Gasteiger partial charge in [-0.3, -0.25) is 9.78 Å². The first-order chi connectivity index (χ1) is 10.2. The summed E-state index contributed by atoms with van der Waals surface area (Å²) < 4.78 is 5.46. The van der Waals surface area contributed by atoms with Gasteiger partial charge in [0.25, 0.3) is 5.91 Å². The van der Waals surface area contributed by atoms with Crippen molar-refractivity contribution in [3.63, 3.8) is 0 Å². The van der Waals surface area contributed by atoms with E-state index in [2.05, 4.69) is 14.9 Å². The summed E-state index contributed by atoms with van der Waals surface area (Å²) in [5.74, 6) is -0.520. The van der Waals surface area contributed by atoms with Gasteiger partial charge >= 0.3 is 0 Å². The van der Waals surface area contributed by atoms with Crippen LogP contribution in [0.4, 0.5) is 5.69 Å². The van der Waals surface area contributed by atoms with Crippen molar-refractivity contribution in [2.75, 3.05) is 25.1 Å². The Hall–Kier alpha value is -2.21. The molecule has 6 heteroatoms. The third kappa shape index (κ3) is 2.67. The highest BCUT2D eigenvalue weighted by Gasteiger charge is 2.22. The molecule has 0 saturated carbocycles. The number of fused-ring (bicyclic) bond motifs is 1. The largest absolute Gasteiger partial charge is 0.380 e. The molecule has 0 aromatic carbocycles. The summed E-state index contributed by atoms with van der Waals surface area (Å²) in [5, 5.41) is 0.900. The quantitative estimate of drug-likeness (QED) is 0.921. The molecule has 2 aromatic heterocycles. The molecule has 0 aliphatic carbocycles. The molecular weight excluding hydrogens is 268 g/mol. The van der Waals surface area contributed by atoms with Gasteiger partial charge in [0.2, 0.25) is 0 Å². The molecule has 0 bridgehead atoms. The predicted octanol–water partition coefficient (Wildman–Crippen LogP) is 1.34. The van der Waals surface area contributed by atoms with E-state index in [4.69, 9.17) is 10.5 Å². The van der Waals surface area contributed by atoms with Gasteiger partial charge in [-0.05, 0) is 25.0 Å². The monoisotopic (exact) mass is 286 g/mol. The number of rotatable bonds is 3. The van der Waals surface area contributed by atoms with Gasteiger partial charge < -0.3 is 15.4 Å². The van der Waals surface area contributed by atoms with Crippen molar-refractivity contribution in [3.8, 4) is 0 Å². The molecule has 21 heavy (non-hydrogen) atoms. The van der Waals surface area contributed by atoms with Crippen LogP contribution in [0.5, 0.6) is 0 Å². The second-order valence-electron chi connectivity index (χ2n) is 5.24. The Morgan fingerprint density at radius 1 is 1.43 bits per heavy atom. The molecular formula is C15H18N4O2. The second-order valence-corrected chi connectivity index (χ2v) is 5.24. The Bertz CT molecular complexity index is 674. The molecule has 110 valence electrons. The zero-order valence-electron chi connectivity index (χ0n) is 12.0. The molecule has 6 nitrogen and oxygen atoms in total. The third-order valence-electron chi connectivity index (χ3n) is 3.88. The minimum atomic E-state index is -0.520. The van der Waals surface area contributed by atoms with Crippen LogP contribution in [0.3, 0.4) is 0 Å². The van der Waals surface area contributed by atoms with E-state index in [0.717, 1.165) is 42.5 Å². The van der Waals surface area contributed by atoms with Gasteiger partial charge in [0.1, 0.15) is 5.69 Å². The van der Waals surface area contributed by atoms with Gasteiger partial charge in [0, 0.05) is 31.8 Å². The summed E-state index contributed by atoms with van der Waals surface area (Å²) in [6, 6.07) is 3.46. The molecule has 3 heterocycles. The van der Waals surface area contributed by atoms with Crippen LogP contribution in [0.25, 0.3) is 10.9 Å². The van der Waals surface area contributed by atoms with E-state index in [1.165, 1.54) is 0 Å². The zero-order chi connectivity index (χ0) is 14.8. The van der Waals surface area contributed by atoms with Crippen LogP contribution in [-0.4, -0.2) is 42.2 Å². The van der Waals surface area contributed by atoms with Crippen LogP contribution in [0.2, 0.25) is 0 Å². The molecule has 0 radical (unpaired) electrons. The summed E-state index contributed by atoms with van der Waals surface area (Å²) in [6.07, 6.45) is 5.87. The lowest BCUT2D eigenvalue weighted by Gasteiger charge is -2.33. The second kappa shape index (κ2) is 5.65. The fraction of sp³-hybridized carbons (Fsp3) is 0.400. The highest BCUT2D eigenvalue weighted by Crippen LogP contribution is 2.27. The molecule has 1 fully saturated rings. The standard InChI is InChI=1S/C15H18N4O2/c1-21-11-3-2-6-19(9-11)13-8-17-7-10-4-5-12(15(16)20)18-14(10)13/h4-5,7-8,11H,2-3,6,9H2,1H3,(H2,16,20). The number of ether oxygens (including phenoxy) is 1. The number of nitrogens with two attached hydrogens (primary N) is 1. The Kier molecular flexibility index (Phi) is 3.70. The number of aromatic nitrogens is 2. The van der Waals surface area contributed by atoms with E-state index < -0.39 is 5.91 Å². The molecule has 1 aliphatic heterocycles. The maximum atomic E-state index is 11.3. The number of pyridine rings is 2. The number of primary amides is 1. The van der Waals surface area contributed by atoms with Crippen LogP contribution >= 0.6 is 0 Å². The summed E-state index contributed by atoms with van der Waals surface area (Å²) >= 11 is 0. The maximum absolute atomic E-state index is 11.3. The Labute approximate surface area is 122 Å². The predicted molar refractivity (Wildman–Crippen MR) is 80.3 cm³/mol. The van der Waals surface area contributed by atoms with Crippen molar-refractivity contribution in [2.24, 2.45) is 5.73 Å². The summed E-state index contributed by atoms with van der Waals surface area (Å²) in [4.78, 5) is 22.2. The van der Waals surface area contributed by atoms with Gasteiger partial charge in [-0.25, -0.2) is 4.98 Å². The lowest BCUT2D eigenvalue weighted by molar-refractivity contribution is 0.0894. The molecule has 2 aromatic rings. The molecule has 0 spiro atoms. The van der Waals surface area contributed by atoms with Gasteiger partial charge in [0.15, 0.2) is 0 Å². The lowest BCUT2D eigenvalue weighted by atomic mass is 10.1. The molecule has 3 rings (SSSR count). The van der Waals surface area contributed by atoms with E-state index in [0.29, 0.717) is 0 Å². The highest BCUT2D eigenvalue weighted by atomic mass is 16.5. The topological polar surface area (TPSA) is 81.3 Å². The van der Waals surface area contributed by atoms with Gasteiger partial charge in [-0.2, -0.15) is 0 Å². The van der Waals surface area contributed by atoms with Crippen molar-refractivity contribution in [1.82, 2.24) is 9.97 Å². The molecule has 1 saturated heterocycles. The summed E-state index contributed by atoms with van der Waals surface area (Å²) in [5.41, 5.74) is 7.29. The van der Waals surface area contributed by atoms with E-state index in [-0.39, 0.29) is 11.8 Å². The number of piperidine rings is 1. The first kappa shape index (κ1) is 13.8. The fourth-order valence-corrected chi connectivity index (χ4v) is 2.75. The average molecular weight is 286 g/mol. The fourth-order valence-electron chi connectivity index (χ4n) is 2.75. The molecule has 2 N–H and O–H groups in total. The third-order valence-corrected chi connectivity index (χ3v) is 3.88. The number of methoxy groups -OCH3 is 1. The SMILES string of the molecule is COC1CCCN(c2cncc3ccc(C(N)=O)nc23)C1. The lowest BCUT2D eigenvalue weighted by Crippen LogP contribution is -2.39. The van der Waals surface area contributed by atoms with E-state index >= 15 is 0 Å². The van der Waals surface area contributed by atoms with Crippen LogP contribution < -0.4 is 10.6 Å². The van der Waals surface area contributed by atoms with Crippen molar-refractivity contribution in [2.45, 2.75) is 18.9 Å². The van der Waals surface area contributed by atoms with Crippen LogP contribution in [0.15, 0.2) is 24.5 Å². The summed E-state index contributed by atoms with van der Waals surface area (Å²) in [7, 11) is 1.74. The number of nitrogens with zero attached hydrogens (tertiary/aromatic N) is 3. The average Bonchev–Trinajstić information content (AvgIpc) is 2.53. The van der Waals surface area contributed by atoms with E-state index in [1.54, 1.807) is 25.6 Å². The zero-order valence-corrected chi connectivity index (χ0v) is 12.0. The highest BCUT2D eigenvalue weighted by molar-refractivity contribution is 5.96. The van der Waals surface area contributed by atoms with Crippen LogP contribution in [0, 0.1) is 0 Å². The van der Waals surface area contributed by atoms with E-state index in [9.17, 15) is 4.79 Å². The smallest absolute Gasteiger partial charge is 0.267 e. The Balaban J connectivity index is 2.04. The molecule has 1 aliphatic rings. The van der Waals surface area contributed by atoms with Gasteiger partial charge in [-0.1, -0.05) is 0 Å². The van der Waals surface area contributed by atoms with E-state index in [1.807, 2.05) is 6.07 Å². The number of amides is 1. The molecule has 1 amide bonds. The first-order valence-electron chi connectivity index (χ1n) is 7.01. The number of anilines is 1. The first-order valence-corrected chi connectivity index (χ1v) is 7.01.